The number of halogens is 1. The number of nitrogens with zero attached hydrogens (tertiary/aromatic N) is 1. The van der Waals surface area contributed by atoms with Crippen molar-refractivity contribution in [1.82, 2.24) is 5.32 Å². The molecule has 0 saturated carbocycles. The van der Waals surface area contributed by atoms with E-state index in [0.29, 0.717) is 12.5 Å². The van der Waals surface area contributed by atoms with Gasteiger partial charge in [-0.05, 0) is 24.6 Å². The molecule has 0 fully saturated rings. The average Bonchev–Trinajstić information content (AvgIpc) is 2.19. The van der Waals surface area contributed by atoms with Crippen LogP contribution in [0, 0.1) is 11.3 Å². The third kappa shape index (κ3) is 3.49. The Balaban J connectivity index is 2.48. The maximum absolute atomic E-state index is 8.39. The van der Waals surface area contributed by atoms with E-state index in [2.05, 4.69) is 46.4 Å². The molecule has 1 aromatic carbocycles. The van der Waals surface area contributed by atoms with Crippen LogP contribution in [0.2, 0.25) is 0 Å². The van der Waals surface area contributed by atoms with Gasteiger partial charge >= 0.3 is 0 Å². The fourth-order valence-corrected chi connectivity index (χ4v) is 1.48. The van der Waals surface area contributed by atoms with Crippen molar-refractivity contribution in [3.05, 3.63) is 34.3 Å². The second-order valence-electron chi connectivity index (χ2n) is 3.14. The molecule has 0 aliphatic carbocycles. The Kier molecular flexibility index (Phi) is 4.64. The van der Waals surface area contributed by atoms with Crippen LogP contribution in [0.25, 0.3) is 0 Å². The molecule has 1 rings (SSSR count). The van der Waals surface area contributed by atoms with Crippen molar-refractivity contribution < 1.29 is 0 Å². The highest BCUT2D eigenvalue weighted by molar-refractivity contribution is 9.10. The molecule has 2 nitrogen and oxygen atoms in total. The molecule has 1 unspecified atom stereocenters. The van der Waals surface area contributed by atoms with Gasteiger partial charge in [0.15, 0.2) is 0 Å². The van der Waals surface area contributed by atoms with Crippen molar-refractivity contribution in [3.8, 4) is 6.07 Å². The molecule has 0 aliphatic rings. The quantitative estimate of drug-likeness (QED) is 0.837. The van der Waals surface area contributed by atoms with Crippen LogP contribution >= 0.6 is 15.9 Å². The lowest BCUT2D eigenvalue weighted by molar-refractivity contribution is 0.583. The summed E-state index contributed by atoms with van der Waals surface area (Å²) in [4.78, 5) is 0. The van der Waals surface area contributed by atoms with Crippen molar-refractivity contribution in [2.45, 2.75) is 19.4 Å². The molecule has 1 atom stereocenters. The highest BCUT2D eigenvalue weighted by atomic mass is 79.9. The second kappa shape index (κ2) is 5.79. The Bertz CT molecular complexity index is 313. The van der Waals surface area contributed by atoms with Gasteiger partial charge in [-0.2, -0.15) is 5.26 Å². The van der Waals surface area contributed by atoms with Gasteiger partial charge in [0, 0.05) is 23.5 Å². The Labute approximate surface area is 93.1 Å². The number of nitriles is 1. The van der Waals surface area contributed by atoms with Crippen LogP contribution in [0.3, 0.4) is 0 Å². The molecule has 3 heteroatoms. The molecular weight excluding hydrogens is 240 g/mol. The molecule has 0 aliphatic heterocycles. The third-order valence-corrected chi connectivity index (χ3v) is 2.59. The summed E-state index contributed by atoms with van der Waals surface area (Å²) in [6, 6.07) is 10.6. The topological polar surface area (TPSA) is 35.8 Å². The number of nitrogens with one attached hydrogen (secondary N) is 1. The first-order valence-electron chi connectivity index (χ1n) is 4.60. The summed E-state index contributed by atoms with van der Waals surface area (Å²) in [5, 5.41) is 11.7. The van der Waals surface area contributed by atoms with Crippen molar-refractivity contribution >= 4 is 15.9 Å². The molecule has 0 radical (unpaired) electrons. The summed E-state index contributed by atoms with van der Waals surface area (Å²) >= 11 is 3.39. The molecule has 0 bridgehead atoms. The highest BCUT2D eigenvalue weighted by Gasteiger charge is 2.02. The SMILES string of the molecule is CC(NCCC#N)c1ccc(Br)cc1. The van der Waals surface area contributed by atoms with Crippen LogP contribution < -0.4 is 5.32 Å². The smallest absolute Gasteiger partial charge is 0.0635 e. The van der Waals surface area contributed by atoms with Crippen molar-refractivity contribution in [3.63, 3.8) is 0 Å². The van der Waals surface area contributed by atoms with E-state index in [9.17, 15) is 0 Å². The number of hydrogen-bond acceptors (Lipinski definition) is 2. The van der Waals surface area contributed by atoms with Gasteiger partial charge in [0.2, 0.25) is 0 Å². The third-order valence-electron chi connectivity index (χ3n) is 2.06. The van der Waals surface area contributed by atoms with Gasteiger partial charge in [-0.3, -0.25) is 0 Å². The molecule has 0 heterocycles. The van der Waals surface area contributed by atoms with Gasteiger partial charge in [-0.25, -0.2) is 0 Å². The first kappa shape index (κ1) is 11.2. The van der Waals surface area contributed by atoms with Crippen LogP contribution in [0.15, 0.2) is 28.7 Å². The standard InChI is InChI=1S/C11H13BrN2/c1-9(14-8-2-7-13)10-3-5-11(12)6-4-10/h3-6,9,14H,2,8H2,1H3. The van der Waals surface area contributed by atoms with E-state index in [1.165, 1.54) is 5.56 Å². The van der Waals surface area contributed by atoms with Gasteiger partial charge in [-0.1, -0.05) is 28.1 Å². The molecular formula is C11H13BrN2. The Morgan fingerprint density at radius 1 is 1.43 bits per heavy atom. The Morgan fingerprint density at radius 3 is 2.64 bits per heavy atom. The van der Waals surface area contributed by atoms with E-state index in [4.69, 9.17) is 5.26 Å². The van der Waals surface area contributed by atoms with E-state index in [1.807, 2.05) is 12.1 Å². The van der Waals surface area contributed by atoms with Gasteiger partial charge in [0.05, 0.1) is 6.07 Å². The summed E-state index contributed by atoms with van der Waals surface area (Å²) in [5.41, 5.74) is 1.24. The summed E-state index contributed by atoms with van der Waals surface area (Å²) in [5.74, 6) is 0. The zero-order valence-electron chi connectivity index (χ0n) is 8.13. The summed E-state index contributed by atoms with van der Waals surface area (Å²) in [6.07, 6.45) is 0.556. The number of rotatable bonds is 4. The van der Waals surface area contributed by atoms with Crippen molar-refractivity contribution in [2.75, 3.05) is 6.54 Å². The minimum absolute atomic E-state index is 0.302. The molecule has 1 N–H and O–H groups in total. The average molecular weight is 253 g/mol. The second-order valence-corrected chi connectivity index (χ2v) is 4.05. The van der Waals surface area contributed by atoms with Crippen LogP contribution in [0.1, 0.15) is 24.9 Å². The first-order valence-corrected chi connectivity index (χ1v) is 5.39. The van der Waals surface area contributed by atoms with Crippen LogP contribution in [-0.2, 0) is 0 Å². The van der Waals surface area contributed by atoms with Gasteiger partial charge < -0.3 is 5.32 Å². The normalized spacial score (nSPS) is 12.1. The largest absolute Gasteiger partial charge is 0.309 e. The minimum Gasteiger partial charge on any atom is -0.309 e. The number of hydrogen-bond donors (Lipinski definition) is 1. The highest BCUT2D eigenvalue weighted by Crippen LogP contribution is 2.16. The monoisotopic (exact) mass is 252 g/mol. The van der Waals surface area contributed by atoms with Crippen LogP contribution in [0.4, 0.5) is 0 Å². The van der Waals surface area contributed by atoms with E-state index in [0.717, 1.165) is 11.0 Å². The molecule has 0 amide bonds. The summed E-state index contributed by atoms with van der Waals surface area (Å²) in [6.45, 7) is 2.84. The Hall–Kier alpha value is -0.850. The van der Waals surface area contributed by atoms with Gasteiger partial charge in [-0.15, -0.1) is 0 Å². The fraction of sp³-hybridized carbons (Fsp3) is 0.364. The molecule has 0 saturated heterocycles. The van der Waals surface area contributed by atoms with E-state index < -0.39 is 0 Å². The molecule has 1 aromatic rings. The van der Waals surface area contributed by atoms with E-state index in [-0.39, 0.29) is 0 Å². The zero-order chi connectivity index (χ0) is 10.4. The predicted molar refractivity (Wildman–Crippen MR) is 60.8 cm³/mol. The molecule has 0 aromatic heterocycles. The maximum atomic E-state index is 8.39. The van der Waals surface area contributed by atoms with Gasteiger partial charge in [0.1, 0.15) is 0 Å². The van der Waals surface area contributed by atoms with Crippen molar-refractivity contribution in [2.24, 2.45) is 0 Å². The lowest BCUT2D eigenvalue weighted by atomic mass is 10.1. The van der Waals surface area contributed by atoms with E-state index >= 15 is 0 Å². The molecule has 74 valence electrons. The first-order chi connectivity index (χ1) is 6.74. The van der Waals surface area contributed by atoms with Gasteiger partial charge in [0.25, 0.3) is 0 Å². The van der Waals surface area contributed by atoms with E-state index in [1.54, 1.807) is 0 Å². The number of benzene rings is 1. The summed E-state index contributed by atoms with van der Waals surface area (Å²) in [7, 11) is 0. The molecule has 0 spiro atoms. The maximum Gasteiger partial charge on any atom is 0.0635 e. The lowest BCUT2D eigenvalue weighted by Gasteiger charge is -2.12. The van der Waals surface area contributed by atoms with Crippen LogP contribution in [0.5, 0.6) is 0 Å². The fourth-order valence-electron chi connectivity index (χ4n) is 1.21. The van der Waals surface area contributed by atoms with Crippen LogP contribution in [-0.4, -0.2) is 6.54 Å². The van der Waals surface area contributed by atoms with Crippen molar-refractivity contribution in [1.29, 1.82) is 5.26 Å². The summed E-state index contributed by atoms with van der Waals surface area (Å²) < 4.78 is 1.09. The Morgan fingerprint density at radius 2 is 2.07 bits per heavy atom. The lowest BCUT2D eigenvalue weighted by Crippen LogP contribution is -2.19. The predicted octanol–water partition coefficient (Wildman–Crippen LogP) is 3.01. The molecule has 14 heavy (non-hydrogen) atoms. The minimum atomic E-state index is 0.302. The zero-order valence-corrected chi connectivity index (χ0v) is 9.71.